The van der Waals surface area contributed by atoms with Crippen molar-refractivity contribution in [1.29, 1.82) is 0 Å². The van der Waals surface area contributed by atoms with Crippen LogP contribution in [0.15, 0.2) is 218 Å². The second kappa shape index (κ2) is 13.4. The Hall–Kier alpha value is -7.33. The molecule has 2 aromatic heterocycles. The van der Waals surface area contributed by atoms with E-state index in [4.69, 9.17) is 4.98 Å². The summed E-state index contributed by atoms with van der Waals surface area (Å²) < 4.78 is 2.62. The molecule has 2 nitrogen and oxygen atoms in total. The summed E-state index contributed by atoms with van der Waals surface area (Å²) >= 11 is 1.88. The van der Waals surface area contributed by atoms with E-state index in [0.29, 0.717) is 0 Å². The van der Waals surface area contributed by atoms with E-state index in [9.17, 15) is 0 Å². The van der Waals surface area contributed by atoms with Gasteiger partial charge in [0.1, 0.15) is 0 Å². The van der Waals surface area contributed by atoms with Gasteiger partial charge < -0.3 is 4.90 Å². The van der Waals surface area contributed by atoms with Crippen molar-refractivity contribution in [2.45, 2.75) is 5.41 Å². The molecule has 2 heterocycles. The van der Waals surface area contributed by atoms with Crippen LogP contribution in [0.3, 0.4) is 0 Å². The van der Waals surface area contributed by atoms with Crippen LogP contribution in [0.25, 0.3) is 64.2 Å². The quantitative estimate of drug-likeness (QED) is 0.157. The van der Waals surface area contributed by atoms with Gasteiger partial charge in [0.15, 0.2) is 0 Å². The average molecular weight is 769 g/mol. The first-order valence-corrected chi connectivity index (χ1v) is 21.0. The van der Waals surface area contributed by atoms with Crippen LogP contribution >= 0.6 is 11.3 Å². The summed E-state index contributed by atoms with van der Waals surface area (Å²) in [5.74, 6) is 0. The van der Waals surface area contributed by atoms with Crippen LogP contribution in [0.1, 0.15) is 22.3 Å². The molecule has 1 aliphatic carbocycles. The maximum atomic E-state index is 5.35. The van der Waals surface area contributed by atoms with Crippen molar-refractivity contribution < 1.29 is 0 Å². The van der Waals surface area contributed by atoms with E-state index in [1.54, 1.807) is 0 Å². The van der Waals surface area contributed by atoms with Gasteiger partial charge in [0.2, 0.25) is 0 Å². The SMILES string of the molecule is c1ccc(N(c2ccc(-c3nc4ccccc4c4c3ccc3c5ccccc5sc34)cc2)c2ccc3c(c2)C(c2ccccc2)(c2ccccc2)c2ccccc2-3)cc1. The Balaban J connectivity index is 1.04. The zero-order valence-corrected chi connectivity index (χ0v) is 32.9. The van der Waals surface area contributed by atoms with Gasteiger partial charge in [-0.3, -0.25) is 0 Å². The monoisotopic (exact) mass is 768 g/mol. The average Bonchev–Trinajstić information content (AvgIpc) is 3.84. The number of fused-ring (bicyclic) bond motifs is 10. The standard InChI is InChI=1S/C56H36N2S/c1-4-16-38(17-5-1)56(39-18-6-2-7-19-39)49-25-13-10-22-43(49)44-33-32-42(36-50(44)56)58(40-20-8-3-9-21-40)41-30-28-37(29-31-41)54-48-35-34-46-45-23-12-15-27-52(45)59-55(46)53(48)47-24-11-14-26-51(47)57-54/h1-36H. The summed E-state index contributed by atoms with van der Waals surface area (Å²) in [7, 11) is 0. The van der Waals surface area contributed by atoms with E-state index in [1.165, 1.54) is 69.7 Å². The minimum atomic E-state index is -0.487. The third kappa shape index (κ3) is 5.08. The van der Waals surface area contributed by atoms with Gasteiger partial charge in [-0.25, -0.2) is 4.98 Å². The minimum Gasteiger partial charge on any atom is -0.310 e. The molecule has 0 atom stereocenters. The molecular weight excluding hydrogens is 733 g/mol. The Labute approximate surface area is 346 Å². The number of anilines is 3. The number of thiophene rings is 1. The van der Waals surface area contributed by atoms with Crippen molar-refractivity contribution in [3.8, 4) is 22.4 Å². The number of para-hydroxylation sites is 2. The Morgan fingerprint density at radius 3 is 1.75 bits per heavy atom. The van der Waals surface area contributed by atoms with Gasteiger partial charge in [0, 0.05) is 59.0 Å². The van der Waals surface area contributed by atoms with Crippen LogP contribution < -0.4 is 4.90 Å². The van der Waals surface area contributed by atoms with Gasteiger partial charge in [-0.05, 0) is 81.9 Å². The van der Waals surface area contributed by atoms with Crippen molar-refractivity contribution in [2.75, 3.05) is 4.90 Å². The topological polar surface area (TPSA) is 16.1 Å². The number of rotatable bonds is 6. The van der Waals surface area contributed by atoms with Gasteiger partial charge >= 0.3 is 0 Å². The molecule has 0 spiro atoms. The van der Waals surface area contributed by atoms with Gasteiger partial charge in [-0.15, -0.1) is 11.3 Å². The predicted octanol–water partition coefficient (Wildman–Crippen LogP) is 15.3. The van der Waals surface area contributed by atoms with Crippen LogP contribution in [-0.4, -0.2) is 4.98 Å². The number of pyridine rings is 1. The van der Waals surface area contributed by atoms with E-state index in [-0.39, 0.29) is 0 Å². The van der Waals surface area contributed by atoms with E-state index in [0.717, 1.165) is 33.8 Å². The van der Waals surface area contributed by atoms with Crippen LogP contribution in [0, 0.1) is 0 Å². The van der Waals surface area contributed by atoms with E-state index in [2.05, 4.69) is 223 Å². The van der Waals surface area contributed by atoms with Crippen LogP contribution in [0.4, 0.5) is 17.1 Å². The molecule has 1 aliphatic rings. The van der Waals surface area contributed by atoms with Gasteiger partial charge in [0.25, 0.3) is 0 Å². The van der Waals surface area contributed by atoms with Crippen LogP contribution in [0.2, 0.25) is 0 Å². The molecule has 0 saturated carbocycles. The Morgan fingerprint density at radius 1 is 0.407 bits per heavy atom. The maximum absolute atomic E-state index is 5.35. The Kier molecular flexibility index (Phi) is 7.66. The summed E-state index contributed by atoms with van der Waals surface area (Å²) in [4.78, 5) is 7.74. The maximum Gasteiger partial charge on any atom is 0.0788 e. The highest BCUT2D eigenvalue weighted by atomic mass is 32.1. The Bertz CT molecular complexity index is 3330. The molecule has 0 N–H and O–H groups in total. The lowest BCUT2D eigenvalue weighted by Gasteiger charge is -2.35. The van der Waals surface area contributed by atoms with Crippen molar-refractivity contribution >= 4 is 70.2 Å². The smallest absolute Gasteiger partial charge is 0.0788 e. The van der Waals surface area contributed by atoms with Crippen LogP contribution in [-0.2, 0) is 5.41 Å². The molecule has 0 saturated heterocycles. The first kappa shape index (κ1) is 33.8. The molecule has 0 unspecified atom stereocenters. The lowest BCUT2D eigenvalue weighted by Crippen LogP contribution is -2.28. The number of benzene rings is 9. The highest BCUT2D eigenvalue weighted by Crippen LogP contribution is 2.57. The van der Waals surface area contributed by atoms with E-state index < -0.39 is 5.41 Å². The molecule has 0 radical (unpaired) electrons. The molecule has 11 aromatic rings. The first-order chi connectivity index (χ1) is 29.3. The largest absolute Gasteiger partial charge is 0.310 e. The summed E-state index contributed by atoms with van der Waals surface area (Å²) in [5, 5.41) is 6.25. The number of hydrogen-bond acceptors (Lipinski definition) is 3. The lowest BCUT2D eigenvalue weighted by molar-refractivity contribution is 0.768. The second-order valence-electron chi connectivity index (χ2n) is 15.4. The highest BCUT2D eigenvalue weighted by molar-refractivity contribution is 7.26. The molecule has 9 aromatic carbocycles. The lowest BCUT2D eigenvalue weighted by atomic mass is 9.67. The van der Waals surface area contributed by atoms with Crippen LogP contribution in [0.5, 0.6) is 0 Å². The summed E-state index contributed by atoms with van der Waals surface area (Å²) in [5.41, 5.74) is 13.6. The van der Waals surface area contributed by atoms with E-state index >= 15 is 0 Å². The molecule has 12 rings (SSSR count). The van der Waals surface area contributed by atoms with Crippen molar-refractivity contribution in [2.24, 2.45) is 0 Å². The molecule has 0 amide bonds. The summed E-state index contributed by atoms with van der Waals surface area (Å²) in [6, 6.07) is 79.7. The summed E-state index contributed by atoms with van der Waals surface area (Å²) in [6.07, 6.45) is 0. The fourth-order valence-electron chi connectivity index (χ4n) is 9.80. The molecule has 3 heteroatoms. The molecular formula is C56H36N2S. The zero-order chi connectivity index (χ0) is 38.9. The third-order valence-corrected chi connectivity index (χ3v) is 13.5. The minimum absolute atomic E-state index is 0.487. The first-order valence-electron chi connectivity index (χ1n) is 20.2. The van der Waals surface area contributed by atoms with Crippen molar-refractivity contribution in [1.82, 2.24) is 4.98 Å². The normalized spacial score (nSPS) is 12.9. The van der Waals surface area contributed by atoms with Crippen molar-refractivity contribution in [3.05, 3.63) is 241 Å². The highest BCUT2D eigenvalue weighted by Gasteiger charge is 2.46. The number of nitrogens with zero attached hydrogens (tertiary/aromatic N) is 2. The second-order valence-corrected chi connectivity index (χ2v) is 16.5. The zero-order valence-electron chi connectivity index (χ0n) is 32.1. The molecule has 276 valence electrons. The number of aromatic nitrogens is 1. The molecule has 59 heavy (non-hydrogen) atoms. The molecule has 0 fully saturated rings. The molecule has 0 bridgehead atoms. The molecule has 0 aliphatic heterocycles. The fourth-order valence-corrected chi connectivity index (χ4v) is 11.1. The third-order valence-electron chi connectivity index (χ3n) is 12.3. The van der Waals surface area contributed by atoms with Gasteiger partial charge in [-0.2, -0.15) is 0 Å². The fraction of sp³-hybridized carbons (Fsp3) is 0.0179. The van der Waals surface area contributed by atoms with E-state index in [1.807, 2.05) is 11.3 Å². The van der Waals surface area contributed by atoms with Gasteiger partial charge in [-0.1, -0.05) is 170 Å². The predicted molar refractivity (Wildman–Crippen MR) is 250 cm³/mol. The van der Waals surface area contributed by atoms with Gasteiger partial charge in [0.05, 0.1) is 16.6 Å². The van der Waals surface area contributed by atoms with Crippen molar-refractivity contribution in [3.63, 3.8) is 0 Å². The Morgan fingerprint density at radius 2 is 0.983 bits per heavy atom. The summed E-state index contributed by atoms with van der Waals surface area (Å²) in [6.45, 7) is 0. The number of hydrogen-bond donors (Lipinski definition) is 0.